The van der Waals surface area contributed by atoms with Gasteiger partial charge in [-0.15, -0.1) is 0 Å². The summed E-state index contributed by atoms with van der Waals surface area (Å²) in [5.74, 6) is 2.25. The van der Waals surface area contributed by atoms with Gasteiger partial charge in [-0.1, -0.05) is 61.9 Å². The van der Waals surface area contributed by atoms with Crippen molar-refractivity contribution >= 4 is 11.6 Å². The third-order valence-corrected chi connectivity index (χ3v) is 10.1. The number of ether oxygens (including phenoxy) is 3. The number of carbonyl (C=O) groups is 1. The monoisotopic (exact) mass is 765 g/mol. The smallest absolute Gasteiger partial charge is 0.255 e. The van der Waals surface area contributed by atoms with Crippen molar-refractivity contribution in [3.05, 3.63) is 112 Å². The van der Waals surface area contributed by atoms with Crippen molar-refractivity contribution in [3.8, 4) is 39.8 Å². The summed E-state index contributed by atoms with van der Waals surface area (Å²) in [5.41, 5.74) is 6.51. The quantitative estimate of drug-likeness (QED) is 0.0410. The molecule has 6 rings (SSSR count). The van der Waals surface area contributed by atoms with E-state index < -0.39 is 0 Å². The van der Waals surface area contributed by atoms with Crippen LogP contribution in [0.4, 0.5) is 5.69 Å². The van der Waals surface area contributed by atoms with Crippen LogP contribution in [0.5, 0.6) is 17.2 Å². The number of benzene rings is 4. The van der Waals surface area contributed by atoms with Gasteiger partial charge in [-0.05, 0) is 89.7 Å². The van der Waals surface area contributed by atoms with Gasteiger partial charge in [0, 0.05) is 28.4 Å². The van der Waals surface area contributed by atoms with Crippen molar-refractivity contribution in [3.63, 3.8) is 0 Å². The van der Waals surface area contributed by atoms with Crippen molar-refractivity contribution in [2.45, 2.75) is 84.0 Å². The minimum absolute atomic E-state index is 0.132. The van der Waals surface area contributed by atoms with Crippen molar-refractivity contribution in [2.75, 3.05) is 25.6 Å². The fourth-order valence-electron chi connectivity index (χ4n) is 6.97. The standard InChI is InChI=1S/C44H51N3O9/c1-53-40-17-14-29(38-24-41(56-47-38)31-21-32(25-48)36(28-51)33(22-31)26-49)23-42(40)55-19-11-7-5-3-2-4-6-10-18-54-39-16-15-30(20-34(39)27-50)43-45-37-13-9-8-12-35(37)44(52)46-43/h8-9,12-17,20-24,43,45,48-51H,2-7,10-11,18-19,25-28H2,1H3,(H,46,52). The average Bonchev–Trinajstić information content (AvgIpc) is 3.74. The molecule has 12 nitrogen and oxygen atoms in total. The summed E-state index contributed by atoms with van der Waals surface area (Å²) in [5, 5.41) is 49.9. The molecule has 1 amide bonds. The molecule has 296 valence electrons. The Bertz CT molecular complexity index is 2040. The number of nitrogens with one attached hydrogen (secondary N) is 2. The lowest BCUT2D eigenvalue weighted by Crippen LogP contribution is -2.38. The summed E-state index contributed by atoms with van der Waals surface area (Å²) >= 11 is 0. The number of aromatic nitrogens is 1. The highest BCUT2D eigenvalue weighted by molar-refractivity contribution is 6.01. The molecule has 1 aliphatic rings. The SMILES string of the molecule is COc1ccc(-c2cc(-c3cc(CO)c(CO)c(CO)c3)on2)cc1OCCCCCCCCCCOc1ccc(C2NC(=O)c3ccccc3N2)cc1CO. The van der Waals surface area contributed by atoms with Crippen LogP contribution in [0, 0.1) is 0 Å². The Labute approximate surface area is 327 Å². The number of aliphatic hydroxyl groups excluding tert-OH is 4. The Hall–Kier alpha value is -5.40. The Morgan fingerprint density at radius 2 is 1.29 bits per heavy atom. The lowest BCUT2D eigenvalue weighted by molar-refractivity contribution is 0.0935. The Morgan fingerprint density at radius 1 is 0.643 bits per heavy atom. The molecular weight excluding hydrogens is 714 g/mol. The number of methoxy groups -OCH3 is 1. The summed E-state index contributed by atoms with van der Waals surface area (Å²) in [4.78, 5) is 12.6. The average molecular weight is 766 g/mol. The largest absolute Gasteiger partial charge is 0.493 e. The number of fused-ring (bicyclic) bond motifs is 1. The number of para-hydroxylation sites is 1. The van der Waals surface area contributed by atoms with E-state index in [9.17, 15) is 25.2 Å². The molecule has 6 N–H and O–H groups in total. The highest BCUT2D eigenvalue weighted by Crippen LogP contribution is 2.35. The molecule has 0 aliphatic carbocycles. The maximum Gasteiger partial charge on any atom is 0.255 e. The lowest BCUT2D eigenvalue weighted by Gasteiger charge is -2.28. The Morgan fingerprint density at radius 3 is 1.95 bits per heavy atom. The maximum atomic E-state index is 12.6. The second-order valence-electron chi connectivity index (χ2n) is 13.8. The topological polar surface area (TPSA) is 176 Å². The summed E-state index contributed by atoms with van der Waals surface area (Å²) in [6.07, 6.45) is 8.17. The van der Waals surface area contributed by atoms with Crippen LogP contribution in [0.1, 0.15) is 95.7 Å². The third-order valence-electron chi connectivity index (χ3n) is 10.1. The van der Waals surface area contributed by atoms with E-state index in [1.807, 2.05) is 54.6 Å². The molecule has 2 heterocycles. The fraction of sp³-hybridized carbons (Fsp3) is 0.364. The zero-order valence-corrected chi connectivity index (χ0v) is 31.8. The second kappa shape index (κ2) is 20.0. The molecule has 1 aromatic heterocycles. The van der Waals surface area contributed by atoms with E-state index in [1.165, 1.54) is 0 Å². The van der Waals surface area contributed by atoms with Crippen LogP contribution in [0.3, 0.4) is 0 Å². The molecule has 1 atom stereocenters. The molecule has 0 radical (unpaired) electrons. The van der Waals surface area contributed by atoms with Crippen LogP contribution in [0.15, 0.2) is 83.4 Å². The van der Waals surface area contributed by atoms with Gasteiger partial charge in [-0.3, -0.25) is 4.79 Å². The zero-order chi connectivity index (χ0) is 39.3. The van der Waals surface area contributed by atoms with Crippen LogP contribution in [-0.4, -0.2) is 51.8 Å². The molecule has 0 fully saturated rings. The number of unbranched alkanes of at least 4 members (excludes halogenated alkanes) is 7. The predicted octanol–water partition coefficient (Wildman–Crippen LogP) is 7.42. The van der Waals surface area contributed by atoms with Gasteiger partial charge in [0.25, 0.3) is 5.91 Å². The van der Waals surface area contributed by atoms with Crippen molar-refractivity contribution in [1.29, 1.82) is 0 Å². The van der Waals surface area contributed by atoms with E-state index in [0.717, 1.165) is 68.2 Å². The minimum atomic E-state index is -0.387. The molecular formula is C44H51N3O9. The number of nitrogens with zero attached hydrogens (tertiary/aromatic N) is 1. The van der Waals surface area contributed by atoms with Gasteiger partial charge in [0.05, 0.1) is 52.3 Å². The first kappa shape index (κ1) is 40.3. The molecule has 1 aliphatic heterocycles. The van der Waals surface area contributed by atoms with Crippen LogP contribution in [0.2, 0.25) is 0 Å². The molecule has 0 spiro atoms. The molecule has 56 heavy (non-hydrogen) atoms. The van der Waals surface area contributed by atoms with E-state index >= 15 is 0 Å². The third kappa shape index (κ3) is 9.87. The summed E-state index contributed by atoms with van der Waals surface area (Å²) in [7, 11) is 1.61. The van der Waals surface area contributed by atoms with Crippen LogP contribution in [-0.2, 0) is 26.4 Å². The molecule has 4 aromatic carbocycles. The summed E-state index contributed by atoms with van der Waals surface area (Å²) < 4.78 is 23.3. The Balaban J connectivity index is 0.878. The highest BCUT2D eigenvalue weighted by atomic mass is 16.5. The number of hydrogen-bond donors (Lipinski definition) is 6. The maximum absolute atomic E-state index is 12.6. The number of amides is 1. The molecule has 0 bridgehead atoms. The van der Waals surface area contributed by atoms with Crippen LogP contribution in [0.25, 0.3) is 22.6 Å². The Kier molecular flexibility index (Phi) is 14.4. The van der Waals surface area contributed by atoms with Gasteiger partial charge >= 0.3 is 0 Å². The second-order valence-corrected chi connectivity index (χ2v) is 13.8. The van der Waals surface area contributed by atoms with Crippen molar-refractivity contribution in [2.24, 2.45) is 0 Å². The molecule has 5 aromatic rings. The summed E-state index contributed by atoms with van der Waals surface area (Å²) in [6, 6.07) is 23.9. The predicted molar refractivity (Wildman–Crippen MR) is 212 cm³/mol. The number of anilines is 1. The van der Waals surface area contributed by atoms with Gasteiger partial charge in [0.1, 0.15) is 17.6 Å². The first-order valence-corrected chi connectivity index (χ1v) is 19.2. The van der Waals surface area contributed by atoms with E-state index in [-0.39, 0.29) is 38.5 Å². The van der Waals surface area contributed by atoms with Gasteiger partial charge in [-0.25, -0.2) is 0 Å². The van der Waals surface area contributed by atoms with E-state index in [1.54, 1.807) is 31.4 Å². The number of rotatable bonds is 21. The first-order chi connectivity index (χ1) is 27.5. The number of hydrogen-bond acceptors (Lipinski definition) is 11. The van der Waals surface area contributed by atoms with E-state index in [0.29, 0.717) is 75.3 Å². The minimum Gasteiger partial charge on any atom is -0.493 e. The number of aliphatic hydroxyl groups is 4. The van der Waals surface area contributed by atoms with E-state index in [2.05, 4.69) is 15.8 Å². The molecule has 0 saturated heterocycles. The van der Waals surface area contributed by atoms with Crippen LogP contribution >= 0.6 is 0 Å². The molecule has 12 heteroatoms. The molecule has 1 unspecified atom stereocenters. The van der Waals surface area contributed by atoms with E-state index in [4.69, 9.17) is 18.7 Å². The highest BCUT2D eigenvalue weighted by Gasteiger charge is 2.25. The van der Waals surface area contributed by atoms with Gasteiger partial charge in [-0.2, -0.15) is 0 Å². The van der Waals surface area contributed by atoms with Crippen molar-refractivity contribution in [1.82, 2.24) is 10.5 Å². The first-order valence-electron chi connectivity index (χ1n) is 19.2. The van der Waals surface area contributed by atoms with Gasteiger partial charge < -0.3 is 49.8 Å². The van der Waals surface area contributed by atoms with Crippen molar-refractivity contribution < 1.29 is 44.0 Å². The lowest BCUT2D eigenvalue weighted by atomic mass is 9.97. The summed E-state index contributed by atoms with van der Waals surface area (Å²) in [6.45, 7) is 0.142. The normalized spacial score (nSPS) is 13.5. The fourth-order valence-corrected chi connectivity index (χ4v) is 6.97. The van der Waals surface area contributed by atoms with Gasteiger partial charge in [0.2, 0.25) is 0 Å². The van der Waals surface area contributed by atoms with Crippen LogP contribution < -0.4 is 24.8 Å². The molecule has 0 saturated carbocycles. The zero-order valence-electron chi connectivity index (χ0n) is 31.8. The van der Waals surface area contributed by atoms with Gasteiger partial charge in [0.15, 0.2) is 17.3 Å². The number of carbonyl (C=O) groups excluding carboxylic acids is 1.